The third kappa shape index (κ3) is 7.23. The number of carbonyl (C=O) groups excluding carboxylic acids is 3. The lowest BCUT2D eigenvalue weighted by Crippen LogP contribution is -2.32. The average molecular weight is 403 g/mol. The van der Waals surface area contributed by atoms with Crippen LogP contribution in [0.25, 0.3) is 0 Å². The highest BCUT2D eigenvalue weighted by Crippen LogP contribution is 2.13. The van der Waals surface area contributed by atoms with Gasteiger partial charge in [0, 0.05) is 24.3 Å². The first-order chi connectivity index (χ1) is 13.9. The SMILES string of the molecule is COC(=O)CCNC(=O)c1ccc(NC(=O)NCC(O)c2cccc(F)c2)cc1. The van der Waals surface area contributed by atoms with Gasteiger partial charge in [-0.05, 0) is 42.0 Å². The number of methoxy groups -OCH3 is 1. The number of carbonyl (C=O) groups is 3. The smallest absolute Gasteiger partial charge is 0.319 e. The monoisotopic (exact) mass is 403 g/mol. The number of urea groups is 1. The molecule has 2 rings (SSSR count). The van der Waals surface area contributed by atoms with E-state index in [0.29, 0.717) is 16.8 Å². The van der Waals surface area contributed by atoms with Crippen LogP contribution in [-0.2, 0) is 9.53 Å². The fourth-order valence-corrected chi connectivity index (χ4v) is 2.38. The van der Waals surface area contributed by atoms with Gasteiger partial charge in [0.2, 0.25) is 0 Å². The summed E-state index contributed by atoms with van der Waals surface area (Å²) in [7, 11) is 1.27. The summed E-state index contributed by atoms with van der Waals surface area (Å²) in [6.07, 6.45) is -0.976. The summed E-state index contributed by atoms with van der Waals surface area (Å²) in [5, 5.41) is 17.6. The van der Waals surface area contributed by atoms with Crippen LogP contribution in [0.4, 0.5) is 14.9 Å². The van der Waals surface area contributed by atoms with Gasteiger partial charge in [-0.3, -0.25) is 9.59 Å². The molecule has 9 heteroatoms. The number of halogens is 1. The molecule has 0 saturated heterocycles. The van der Waals surface area contributed by atoms with E-state index in [1.165, 1.54) is 49.6 Å². The zero-order valence-corrected chi connectivity index (χ0v) is 15.8. The van der Waals surface area contributed by atoms with E-state index >= 15 is 0 Å². The molecule has 0 heterocycles. The van der Waals surface area contributed by atoms with Crippen molar-refractivity contribution in [3.05, 3.63) is 65.5 Å². The molecule has 4 N–H and O–H groups in total. The molecule has 1 atom stereocenters. The number of esters is 1. The van der Waals surface area contributed by atoms with Crippen molar-refractivity contribution < 1.29 is 28.6 Å². The lowest BCUT2D eigenvalue weighted by atomic mass is 10.1. The number of ether oxygens (including phenoxy) is 1. The minimum atomic E-state index is -1.05. The van der Waals surface area contributed by atoms with Crippen molar-refractivity contribution >= 4 is 23.6 Å². The number of amides is 3. The van der Waals surface area contributed by atoms with Crippen molar-refractivity contribution in [2.45, 2.75) is 12.5 Å². The first-order valence-electron chi connectivity index (χ1n) is 8.82. The van der Waals surface area contributed by atoms with E-state index in [0.717, 1.165) is 0 Å². The predicted octanol–water partition coefficient (Wildman–Crippen LogP) is 1.97. The summed E-state index contributed by atoms with van der Waals surface area (Å²) in [6.45, 7) is 0.0531. The second-order valence-corrected chi connectivity index (χ2v) is 6.07. The van der Waals surface area contributed by atoms with E-state index in [1.54, 1.807) is 6.07 Å². The van der Waals surface area contributed by atoms with Gasteiger partial charge >= 0.3 is 12.0 Å². The molecule has 0 bridgehead atoms. The minimum Gasteiger partial charge on any atom is -0.469 e. The fourth-order valence-electron chi connectivity index (χ4n) is 2.38. The van der Waals surface area contributed by atoms with Crippen molar-refractivity contribution in [1.82, 2.24) is 10.6 Å². The fraction of sp³-hybridized carbons (Fsp3) is 0.250. The Bertz CT molecular complexity index is 857. The Morgan fingerprint density at radius 2 is 1.83 bits per heavy atom. The van der Waals surface area contributed by atoms with Crippen LogP contribution in [0, 0.1) is 5.82 Å². The maximum absolute atomic E-state index is 13.2. The maximum Gasteiger partial charge on any atom is 0.319 e. The number of nitrogens with one attached hydrogen (secondary N) is 3. The van der Waals surface area contributed by atoms with Gasteiger partial charge in [-0.15, -0.1) is 0 Å². The zero-order valence-electron chi connectivity index (χ0n) is 15.8. The highest BCUT2D eigenvalue weighted by molar-refractivity contribution is 5.95. The largest absolute Gasteiger partial charge is 0.469 e. The molecule has 0 aliphatic heterocycles. The molecule has 8 nitrogen and oxygen atoms in total. The van der Waals surface area contributed by atoms with Crippen LogP contribution < -0.4 is 16.0 Å². The van der Waals surface area contributed by atoms with E-state index in [4.69, 9.17) is 0 Å². The molecule has 0 radical (unpaired) electrons. The van der Waals surface area contributed by atoms with E-state index in [1.807, 2.05) is 0 Å². The molecule has 0 aliphatic rings. The third-order valence-corrected chi connectivity index (χ3v) is 3.94. The molecule has 0 spiro atoms. The Balaban J connectivity index is 1.79. The van der Waals surface area contributed by atoms with E-state index in [2.05, 4.69) is 20.7 Å². The Morgan fingerprint density at radius 1 is 1.10 bits per heavy atom. The van der Waals surface area contributed by atoms with Crippen molar-refractivity contribution in [3.63, 3.8) is 0 Å². The molecule has 2 aromatic rings. The number of anilines is 1. The Morgan fingerprint density at radius 3 is 2.48 bits per heavy atom. The third-order valence-electron chi connectivity index (χ3n) is 3.94. The summed E-state index contributed by atoms with van der Waals surface area (Å²) in [6, 6.07) is 11.0. The van der Waals surface area contributed by atoms with Gasteiger partial charge in [0.25, 0.3) is 5.91 Å². The first kappa shape index (κ1) is 21.8. The van der Waals surface area contributed by atoms with Crippen LogP contribution in [0.15, 0.2) is 48.5 Å². The number of aliphatic hydroxyl groups excluding tert-OH is 1. The van der Waals surface area contributed by atoms with Crippen molar-refractivity contribution in [1.29, 1.82) is 0 Å². The Kier molecular flexibility index (Phi) is 8.11. The Labute approximate surface area is 167 Å². The second-order valence-electron chi connectivity index (χ2n) is 6.07. The molecule has 1 unspecified atom stereocenters. The molecule has 0 saturated carbocycles. The number of aliphatic hydroxyl groups is 1. The van der Waals surface area contributed by atoms with Crippen LogP contribution in [-0.4, -0.2) is 43.2 Å². The van der Waals surface area contributed by atoms with Crippen molar-refractivity contribution in [2.75, 3.05) is 25.5 Å². The van der Waals surface area contributed by atoms with Crippen LogP contribution in [0.5, 0.6) is 0 Å². The van der Waals surface area contributed by atoms with Gasteiger partial charge in [0.1, 0.15) is 5.82 Å². The molecule has 0 aromatic heterocycles. The van der Waals surface area contributed by atoms with Crippen LogP contribution in [0.2, 0.25) is 0 Å². The molecule has 2 aromatic carbocycles. The number of benzene rings is 2. The first-order valence-corrected chi connectivity index (χ1v) is 8.82. The van der Waals surface area contributed by atoms with Crippen LogP contribution in [0.1, 0.15) is 28.4 Å². The summed E-state index contributed by atoms with van der Waals surface area (Å²) in [5.41, 5.74) is 1.16. The van der Waals surface area contributed by atoms with E-state index < -0.39 is 23.9 Å². The topological polar surface area (TPSA) is 117 Å². The zero-order chi connectivity index (χ0) is 21.2. The predicted molar refractivity (Wildman–Crippen MR) is 104 cm³/mol. The van der Waals surface area contributed by atoms with Crippen LogP contribution >= 0.6 is 0 Å². The maximum atomic E-state index is 13.2. The molecule has 3 amide bonds. The lowest BCUT2D eigenvalue weighted by molar-refractivity contribution is -0.140. The van der Waals surface area contributed by atoms with Gasteiger partial charge in [-0.1, -0.05) is 12.1 Å². The highest BCUT2D eigenvalue weighted by Gasteiger charge is 2.11. The van der Waals surface area contributed by atoms with E-state index in [9.17, 15) is 23.9 Å². The molecule has 29 heavy (non-hydrogen) atoms. The molecular formula is C20H22FN3O5. The quantitative estimate of drug-likeness (QED) is 0.503. The number of hydrogen-bond acceptors (Lipinski definition) is 5. The molecular weight excluding hydrogens is 381 g/mol. The van der Waals surface area contributed by atoms with Gasteiger partial charge in [0.05, 0.1) is 19.6 Å². The molecule has 0 fully saturated rings. The van der Waals surface area contributed by atoms with Gasteiger partial charge in [0.15, 0.2) is 0 Å². The number of rotatable bonds is 8. The summed E-state index contributed by atoms with van der Waals surface area (Å²) >= 11 is 0. The van der Waals surface area contributed by atoms with Gasteiger partial charge < -0.3 is 25.8 Å². The van der Waals surface area contributed by atoms with Gasteiger partial charge in [-0.25, -0.2) is 9.18 Å². The standard InChI is InChI=1S/C20H22FN3O5/c1-29-18(26)9-10-22-19(27)13-5-7-16(8-6-13)24-20(28)23-12-17(25)14-3-2-4-15(21)11-14/h2-8,11,17,25H,9-10,12H2,1H3,(H,22,27)(H2,23,24,28). The van der Waals surface area contributed by atoms with Crippen molar-refractivity contribution in [3.8, 4) is 0 Å². The van der Waals surface area contributed by atoms with Gasteiger partial charge in [-0.2, -0.15) is 0 Å². The summed E-state index contributed by atoms with van der Waals surface area (Å²) in [5.74, 6) is -1.25. The molecule has 0 aliphatic carbocycles. The molecule has 154 valence electrons. The average Bonchev–Trinajstić information content (AvgIpc) is 2.72. The minimum absolute atomic E-state index is 0.0729. The normalized spacial score (nSPS) is 11.3. The summed E-state index contributed by atoms with van der Waals surface area (Å²) < 4.78 is 17.7. The highest BCUT2D eigenvalue weighted by atomic mass is 19.1. The van der Waals surface area contributed by atoms with E-state index in [-0.39, 0.29) is 25.4 Å². The number of hydrogen-bond donors (Lipinski definition) is 4. The van der Waals surface area contributed by atoms with Crippen molar-refractivity contribution in [2.24, 2.45) is 0 Å². The Hall–Kier alpha value is -3.46. The lowest BCUT2D eigenvalue weighted by Gasteiger charge is -2.13. The second kappa shape index (κ2) is 10.8. The summed E-state index contributed by atoms with van der Waals surface area (Å²) in [4.78, 5) is 34.9. The van der Waals surface area contributed by atoms with Crippen LogP contribution in [0.3, 0.4) is 0 Å².